The lowest BCUT2D eigenvalue weighted by molar-refractivity contribution is -0.126. The molecule has 25 heavy (non-hydrogen) atoms. The van der Waals surface area contributed by atoms with E-state index in [0.717, 1.165) is 27.9 Å². The van der Waals surface area contributed by atoms with Crippen LogP contribution in [0.5, 0.6) is 0 Å². The van der Waals surface area contributed by atoms with Crippen molar-refractivity contribution in [2.24, 2.45) is 0 Å². The summed E-state index contributed by atoms with van der Waals surface area (Å²) in [6, 6.07) is 13.7. The van der Waals surface area contributed by atoms with Gasteiger partial charge in [-0.3, -0.25) is 4.79 Å². The van der Waals surface area contributed by atoms with Crippen LogP contribution in [0.25, 0.3) is 17.0 Å². The topological polar surface area (TPSA) is 75.0 Å². The molecule has 5 nitrogen and oxygen atoms in total. The van der Waals surface area contributed by atoms with E-state index >= 15 is 0 Å². The molecule has 0 saturated heterocycles. The first-order valence-electron chi connectivity index (χ1n) is 8.21. The highest BCUT2D eigenvalue weighted by atomic mass is 16.2. The number of amides is 1. The Morgan fingerprint density at radius 2 is 2.04 bits per heavy atom. The molecular weight excluding hydrogens is 312 g/mol. The van der Waals surface area contributed by atoms with E-state index < -0.39 is 0 Å². The summed E-state index contributed by atoms with van der Waals surface area (Å²) in [4.78, 5) is 21.8. The second kappa shape index (κ2) is 6.81. The highest BCUT2D eigenvalue weighted by Gasteiger charge is 2.17. The summed E-state index contributed by atoms with van der Waals surface area (Å²) >= 11 is 0. The number of fused-ring (bicyclic) bond motifs is 1. The summed E-state index contributed by atoms with van der Waals surface area (Å²) in [5.74, 6) is 0.410. The Balaban J connectivity index is 1.75. The van der Waals surface area contributed by atoms with Crippen LogP contribution in [0.15, 0.2) is 48.5 Å². The number of aryl methyl sites for hydroxylation is 1. The molecule has 3 N–H and O–H groups in total. The number of H-pyrrole nitrogens is 1. The lowest BCUT2D eigenvalue weighted by Gasteiger charge is -2.22. The number of nitrogens with one attached hydrogen (secondary N) is 1. The van der Waals surface area contributed by atoms with Crippen molar-refractivity contribution >= 4 is 28.7 Å². The van der Waals surface area contributed by atoms with Crippen molar-refractivity contribution in [2.45, 2.75) is 19.9 Å². The molecule has 3 rings (SSSR count). The number of aromatic nitrogens is 2. The number of anilines is 1. The number of carbonyl (C=O) groups is 1. The number of para-hydroxylation sites is 1. The Kier molecular flexibility index (Phi) is 4.57. The molecule has 0 fully saturated rings. The number of aromatic amines is 1. The Hall–Kier alpha value is -3.08. The van der Waals surface area contributed by atoms with Gasteiger partial charge in [0.2, 0.25) is 5.91 Å². The molecule has 0 aliphatic heterocycles. The minimum atomic E-state index is -0.0672. The molecule has 2 heterocycles. The van der Waals surface area contributed by atoms with E-state index in [1.54, 1.807) is 30.2 Å². The zero-order valence-corrected chi connectivity index (χ0v) is 14.7. The van der Waals surface area contributed by atoms with Gasteiger partial charge in [0, 0.05) is 30.0 Å². The van der Waals surface area contributed by atoms with Crippen molar-refractivity contribution in [3.63, 3.8) is 0 Å². The van der Waals surface area contributed by atoms with Crippen molar-refractivity contribution in [3.8, 4) is 0 Å². The number of nitrogen functional groups attached to an aromatic ring is 1. The number of benzene rings is 1. The maximum atomic E-state index is 12.5. The second-order valence-electron chi connectivity index (χ2n) is 6.18. The van der Waals surface area contributed by atoms with Crippen molar-refractivity contribution in [2.75, 3.05) is 12.8 Å². The molecule has 0 aliphatic rings. The van der Waals surface area contributed by atoms with Crippen LogP contribution < -0.4 is 5.73 Å². The molecule has 0 aliphatic carbocycles. The standard InChI is InChI=1S/C20H22N4O/c1-13-15(8-10-19(21)22-13)9-11-20(25)24(3)14(2)18-12-16-6-4-5-7-17(16)23-18/h4-12,14,23H,1-3H3,(H2,21,22). The number of nitrogens with two attached hydrogens (primary N) is 1. The lowest BCUT2D eigenvalue weighted by Crippen LogP contribution is -2.28. The average molecular weight is 334 g/mol. The van der Waals surface area contributed by atoms with E-state index in [1.807, 2.05) is 38.1 Å². The van der Waals surface area contributed by atoms with Gasteiger partial charge < -0.3 is 15.6 Å². The molecule has 1 unspecified atom stereocenters. The van der Waals surface area contributed by atoms with Gasteiger partial charge in [-0.15, -0.1) is 0 Å². The smallest absolute Gasteiger partial charge is 0.246 e. The van der Waals surface area contributed by atoms with Gasteiger partial charge in [-0.2, -0.15) is 0 Å². The minimum Gasteiger partial charge on any atom is -0.384 e. The molecule has 3 aromatic rings. The molecule has 1 amide bonds. The van der Waals surface area contributed by atoms with Crippen LogP contribution in [0, 0.1) is 6.92 Å². The molecule has 1 atom stereocenters. The summed E-state index contributed by atoms with van der Waals surface area (Å²) in [6.45, 7) is 3.88. The summed E-state index contributed by atoms with van der Waals surface area (Å²) in [7, 11) is 1.80. The summed E-state index contributed by atoms with van der Waals surface area (Å²) in [6.07, 6.45) is 3.35. The number of carbonyl (C=O) groups excluding carboxylic acids is 1. The Morgan fingerprint density at radius 3 is 2.76 bits per heavy atom. The van der Waals surface area contributed by atoms with Gasteiger partial charge in [0.1, 0.15) is 5.82 Å². The molecule has 5 heteroatoms. The third kappa shape index (κ3) is 3.55. The molecule has 128 valence electrons. The quantitative estimate of drug-likeness (QED) is 0.715. The number of hydrogen-bond donors (Lipinski definition) is 2. The van der Waals surface area contributed by atoms with Gasteiger partial charge in [-0.1, -0.05) is 18.2 Å². The van der Waals surface area contributed by atoms with Gasteiger partial charge in [-0.25, -0.2) is 4.98 Å². The minimum absolute atomic E-state index is 0.0600. The Bertz CT molecular complexity index is 909. The van der Waals surface area contributed by atoms with E-state index in [0.29, 0.717) is 5.82 Å². The van der Waals surface area contributed by atoms with Crippen LogP contribution in [0.3, 0.4) is 0 Å². The largest absolute Gasteiger partial charge is 0.384 e. The number of rotatable bonds is 4. The van der Waals surface area contributed by atoms with Crippen LogP contribution in [0.2, 0.25) is 0 Å². The van der Waals surface area contributed by atoms with Crippen LogP contribution in [0.1, 0.15) is 29.9 Å². The Morgan fingerprint density at radius 1 is 1.28 bits per heavy atom. The van der Waals surface area contributed by atoms with Crippen molar-refractivity contribution in [1.29, 1.82) is 0 Å². The molecular formula is C20H22N4O. The summed E-state index contributed by atoms with van der Waals surface area (Å²) in [5.41, 5.74) is 9.42. The van der Waals surface area contributed by atoms with Gasteiger partial charge in [0.15, 0.2) is 0 Å². The lowest BCUT2D eigenvalue weighted by atomic mass is 10.1. The fraction of sp³-hybridized carbons (Fsp3) is 0.200. The van der Waals surface area contributed by atoms with Gasteiger partial charge >= 0.3 is 0 Å². The van der Waals surface area contributed by atoms with E-state index in [9.17, 15) is 4.79 Å². The monoisotopic (exact) mass is 334 g/mol. The normalized spacial score (nSPS) is 12.6. The molecule has 1 aromatic carbocycles. The third-order valence-corrected chi connectivity index (χ3v) is 4.48. The highest BCUT2D eigenvalue weighted by molar-refractivity contribution is 5.92. The van der Waals surface area contributed by atoms with E-state index in [2.05, 4.69) is 22.1 Å². The van der Waals surface area contributed by atoms with Crippen LogP contribution >= 0.6 is 0 Å². The summed E-state index contributed by atoms with van der Waals surface area (Å²) < 4.78 is 0. The third-order valence-electron chi connectivity index (χ3n) is 4.48. The highest BCUT2D eigenvalue weighted by Crippen LogP contribution is 2.23. The zero-order chi connectivity index (χ0) is 18.0. The number of nitrogens with zero attached hydrogens (tertiary/aromatic N) is 2. The molecule has 0 saturated carbocycles. The molecule has 0 spiro atoms. The van der Waals surface area contributed by atoms with Gasteiger partial charge in [-0.05, 0) is 55.1 Å². The predicted molar refractivity (Wildman–Crippen MR) is 102 cm³/mol. The van der Waals surface area contributed by atoms with Gasteiger partial charge in [0.05, 0.1) is 6.04 Å². The first-order chi connectivity index (χ1) is 12.0. The SMILES string of the molecule is Cc1nc(N)ccc1C=CC(=O)N(C)C(C)c1cc2ccccc2[nH]1. The zero-order valence-electron chi connectivity index (χ0n) is 14.7. The first kappa shape index (κ1) is 16.8. The van der Waals surface area contributed by atoms with Crippen molar-refractivity contribution in [1.82, 2.24) is 14.9 Å². The summed E-state index contributed by atoms with van der Waals surface area (Å²) in [5, 5.41) is 1.14. The maximum Gasteiger partial charge on any atom is 0.246 e. The van der Waals surface area contributed by atoms with Crippen LogP contribution in [0.4, 0.5) is 5.82 Å². The fourth-order valence-corrected chi connectivity index (χ4v) is 2.77. The molecule has 0 radical (unpaired) electrons. The number of likely N-dealkylation sites (N-methyl/N-ethyl adjacent to an activating group) is 1. The predicted octanol–water partition coefficient (Wildman–Crippen LogP) is 3.69. The second-order valence-corrected chi connectivity index (χ2v) is 6.18. The first-order valence-corrected chi connectivity index (χ1v) is 8.21. The van der Waals surface area contributed by atoms with Crippen LogP contribution in [-0.2, 0) is 4.79 Å². The van der Waals surface area contributed by atoms with E-state index in [4.69, 9.17) is 5.73 Å². The molecule has 2 aromatic heterocycles. The fourth-order valence-electron chi connectivity index (χ4n) is 2.77. The van der Waals surface area contributed by atoms with Crippen molar-refractivity contribution in [3.05, 3.63) is 65.5 Å². The number of pyridine rings is 1. The van der Waals surface area contributed by atoms with E-state index in [1.165, 1.54) is 0 Å². The maximum absolute atomic E-state index is 12.5. The van der Waals surface area contributed by atoms with Gasteiger partial charge in [0.25, 0.3) is 0 Å². The number of hydrogen-bond acceptors (Lipinski definition) is 3. The Labute approximate surface area is 147 Å². The molecule has 0 bridgehead atoms. The average Bonchev–Trinajstić information content (AvgIpc) is 3.03. The van der Waals surface area contributed by atoms with Crippen molar-refractivity contribution < 1.29 is 4.79 Å². The van der Waals surface area contributed by atoms with E-state index in [-0.39, 0.29) is 11.9 Å². The van der Waals surface area contributed by atoms with Crippen LogP contribution in [-0.4, -0.2) is 27.8 Å².